The van der Waals surface area contributed by atoms with Crippen molar-refractivity contribution in [2.24, 2.45) is 0 Å². The molecule has 0 saturated carbocycles. The second-order valence-electron chi connectivity index (χ2n) is 6.31. The van der Waals surface area contributed by atoms with Gasteiger partial charge >= 0.3 is 29.6 Å². The van der Waals surface area contributed by atoms with E-state index in [1.807, 2.05) is 13.8 Å². The molecule has 0 saturated heterocycles. The molecule has 0 spiro atoms. The van der Waals surface area contributed by atoms with Gasteiger partial charge in [0.05, 0.1) is 5.75 Å². The minimum atomic E-state index is -3.62. The fraction of sp³-hybridized carbons (Fsp3) is 1.00. The summed E-state index contributed by atoms with van der Waals surface area (Å²) in [4.78, 5) is 0. The second kappa shape index (κ2) is 24.8. The number of aliphatic hydroxyl groups is 1. The van der Waals surface area contributed by atoms with Crippen LogP contribution in [-0.4, -0.2) is 81.9 Å². The molecule has 27 heavy (non-hydrogen) atoms. The van der Waals surface area contributed by atoms with E-state index in [2.05, 4.69) is 12.2 Å². The molecule has 0 aromatic carbocycles. The first-order valence-electron chi connectivity index (χ1n) is 10.2. The van der Waals surface area contributed by atoms with E-state index in [0.717, 1.165) is 32.5 Å². The Bertz CT molecular complexity index is 367. The quantitative estimate of drug-likeness (QED) is 0.162. The molecule has 0 heterocycles. The number of rotatable bonds is 17. The number of hydrogen-bond donors (Lipinski definition) is 2. The molecule has 0 rings (SSSR count). The third-order valence-corrected chi connectivity index (χ3v) is 5.04. The van der Waals surface area contributed by atoms with Crippen LogP contribution >= 0.6 is 0 Å². The van der Waals surface area contributed by atoms with Crippen molar-refractivity contribution in [1.29, 1.82) is 0 Å². The summed E-state index contributed by atoms with van der Waals surface area (Å²) in [5.41, 5.74) is 0. The van der Waals surface area contributed by atoms with E-state index in [-0.39, 0.29) is 35.3 Å². The first kappa shape index (κ1) is 32.5. The molecule has 1 unspecified atom stereocenters. The topological polar surface area (TPSA) is 84.9 Å². The van der Waals surface area contributed by atoms with Gasteiger partial charge in [-0.05, 0) is 33.7 Å². The van der Waals surface area contributed by atoms with Crippen molar-refractivity contribution in [1.82, 2.24) is 5.32 Å². The van der Waals surface area contributed by atoms with Crippen LogP contribution in [0.4, 0.5) is 0 Å². The maximum atomic E-state index is 11.4. The first-order chi connectivity index (χ1) is 12.4. The van der Waals surface area contributed by atoms with E-state index < -0.39 is 16.4 Å². The molecule has 0 aliphatic carbocycles. The van der Waals surface area contributed by atoms with Crippen LogP contribution in [-0.2, 0) is 19.0 Å². The molecule has 8 heteroatoms. The summed E-state index contributed by atoms with van der Waals surface area (Å²) in [6, 6.07) is 0. The average molecular weight is 422 g/mol. The average Bonchev–Trinajstić information content (AvgIpc) is 2.59. The first-order valence-corrected chi connectivity index (χ1v) is 11.8. The van der Waals surface area contributed by atoms with E-state index in [0.29, 0.717) is 13.0 Å². The summed E-state index contributed by atoms with van der Waals surface area (Å²) < 4.78 is 32.4. The molecule has 0 aromatic rings. The van der Waals surface area contributed by atoms with E-state index in [1.165, 1.54) is 38.5 Å². The summed E-state index contributed by atoms with van der Waals surface area (Å²) in [5.74, 6) is -0.113. The van der Waals surface area contributed by atoms with Gasteiger partial charge in [0.15, 0.2) is 6.29 Å². The Hall–Kier alpha value is 0.790. The third kappa shape index (κ3) is 29.1. The Labute approximate surface area is 190 Å². The van der Waals surface area contributed by atoms with Gasteiger partial charge in [-0.3, -0.25) is 0 Å². The van der Waals surface area contributed by atoms with Crippen molar-refractivity contribution in [3.05, 3.63) is 0 Å². The summed E-state index contributed by atoms with van der Waals surface area (Å²) in [6.07, 6.45) is 9.88. The minimum absolute atomic E-state index is 0. The maximum absolute atomic E-state index is 11.4. The van der Waals surface area contributed by atoms with Crippen molar-refractivity contribution in [2.75, 3.05) is 32.6 Å². The number of unbranched alkanes of at least 4 members (excludes halogenated alkanes) is 8. The summed E-state index contributed by atoms with van der Waals surface area (Å²) in [7, 11) is -1.94. The Morgan fingerprint density at radius 3 is 1.78 bits per heavy atom. The van der Waals surface area contributed by atoms with Crippen molar-refractivity contribution < 1.29 is 22.4 Å². The Morgan fingerprint density at radius 1 is 0.889 bits per heavy atom. The van der Waals surface area contributed by atoms with Gasteiger partial charge in [-0.15, -0.1) is 0 Å². The van der Waals surface area contributed by atoms with Crippen molar-refractivity contribution in [3.63, 3.8) is 0 Å². The molecule has 0 aliphatic heterocycles. The van der Waals surface area contributed by atoms with Crippen LogP contribution < -0.4 is 5.32 Å². The summed E-state index contributed by atoms with van der Waals surface area (Å²) in [6.45, 7) is 8.21. The van der Waals surface area contributed by atoms with Gasteiger partial charge in [-0.1, -0.05) is 58.3 Å². The van der Waals surface area contributed by atoms with Gasteiger partial charge < -0.3 is 15.2 Å². The van der Waals surface area contributed by atoms with Crippen LogP contribution in [0.1, 0.15) is 85.0 Å². The Morgan fingerprint density at radius 2 is 1.37 bits per heavy atom. The zero-order chi connectivity index (χ0) is 20.1. The van der Waals surface area contributed by atoms with Crippen LogP contribution in [0.2, 0.25) is 0 Å². The Kier molecular flexibility index (Phi) is 29.8. The number of ether oxygens (including phenoxy) is 1. The van der Waals surface area contributed by atoms with Gasteiger partial charge in [0, 0.05) is 19.8 Å². The summed E-state index contributed by atoms with van der Waals surface area (Å²) in [5, 5.41) is 12.3. The summed E-state index contributed by atoms with van der Waals surface area (Å²) >= 11 is 0. The van der Waals surface area contributed by atoms with Crippen molar-refractivity contribution in [3.8, 4) is 0 Å². The van der Waals surface area contributed by atoms with Crippen LogP contribution in [0, 0.1) is 0 Å². The molecule has 0 bridgehead atoms. The molecule has 1 atom stereocenters. The molecule has 0 aliphatic rings. The normalized spacial score (nSPS) is 12.0. The van der Waals surface area contributed by atoms with Crippen molar-refractivity contribution in [2.45, 2.75) is 91.3 Å². The molecule has 0 radical (unpaired) electrons. The molecule has 162 valence electrons. The fourth-order valence-corrected chi connectivity index (χ4v) is 3.31. The van der Waals surface area contributed by atoms with Crippen molar-refractivity contribution >= 4 is 39.7 Å². The van der Waals surface area contributed by atoms with Crippen LogP contribution in [0.5, 0.6) is 0 Å². The molecular formula is C19H44NNaO5S. The third-order valence-electron chi connectivity index (χ3n) is 3.82. The van der Waals surface area contributed by atoms with Gasteiger partial charge in [0.1, 0.15) is 0 Å². The van der Waals surface area contributed by atoms with Gasteiger partial charge in [0.25, 0.3) is 10.1 Å². The zero-order valence-electron chi connectivity index (χ0n) is 17.5. The second-order valence-corrected chi connectivity index (χ2v) is 8.03. The molecular weight excluding hydrogens is 377 g/mol. The molecule has 0 aromatic heterocycles. The van der Waals surface area contributed by atoms with Gasteiger partial charge in [-0.25, -0.2) is 4.18 Å². The Balaban J connectivity index is -0.000000844. The van der Waals surface area contributed by atoms with E-state index in [1.54, 1.807) is 7.05 Å². The predicted molar refractivity (Wildman–Crippen MR) is 116 cm³/mol. The predicted octanol–water partition coefficient (Wildman–Crippen LogP) is 3.19. The van der Waals surface area contributed by atoms with Crippen LogP contribution in [0.25, 0.3) is 0 Å². The molecule has 0 amide bonds. The number of aliphatic hydroxyl groups excluding tert-OH is 1. The van der Waals surface area contributed by atoms with E-state index >= 15 is 0 Å². The van der Waals surface area contributed by atoms with Crippen LogP contribution in [0.3, 0.4) is 0 Å². The monoisotopic (exact) mass is 421 g/mol. The molecule has 2 N–H and O–H groups in total. The van der Waals surface area contributed by atoms with Crippen LogP contribution in [0.15, 0.2) is 0 Å². The van der Waals surface area contributed by atoms with E-state index in [9.17, 15) is 13.5 Å². The standard InChI is InChI=1S/C15H33NO4S.C4H10O.Na.H/c1-3-4-5-6-7-8-9-10-11-12-15(17)20-21(18,19)14-13-16-2;1-3-5-4-2;;/h15-17H,3-14H2,1-2H3;3-4H2,1-2H3;;. The van der Waals surface area contributed by atoms with Gasteiger partial charge in [-0.2, -0.15) is 8.42 Å². The molecule has 0 fully saturated rings. The molecule has 6 nitrogen and oxygen atoms in total. The number of hydrogen-bond acceptors (Lipinski definition) is 6. The van der Waals surface area contributed by atoms with E-state index in [4.69, 9.17) is 8.92 Å². The fourth-order valence-electron chi connectivity index (χ4n) is 2.33. The SMILES string of the molecule is CCCCCCCCCCCC(O)OS(=O)(=O)CCNC.CCOCC.[NaH]. The number of nitrogens with one attached hydrogen (secondary N) is 1. The zero-order valence-corrected chi connectivity index (χ0v) is 18.3. The van der Waals surface area contributed by atoms with Gasteiger partial charge in [0.2, 0.25) is 0 Å².